The number of nitrogens with zero attached hydrogens (tertiary/aromatic N) is 2. The molecule has 1 aromatic carbocycles. The van der Waals surface area contributed by atoms with Crippen LogP contribution in [-0.4, -0.2) is 35.7 Å². The fourth-order valence-corrected chi connectivity index (χ4v) is 2.75. The Labute approximate surface area is 145 Å². The maximum absolute atomic E-state index is 13.2. The zero-order valence-electron chi connectivity index (χ0n) is 14.0. The Balaban J connectivity index is 1.88. The lowest BCUT2D eigenvalue weighted by Gasteiger charge is -2.11. The molecule has 0 aliphatic carbocycles. The van der Waals surface area contributed by atoms with Crippen molar-refractivity contribution in [1.29, 1.82) is 0 Å². The molecule has 2 aromatic heterocycles. The van der Waals surface area contributed by atoms with Crippen LogP contribution < -0.4 is 5.32 Å². The molecule has 5 nitrogen and oxygen atoms in total. The minimum atomic E-state index is -0.291. The molecule has 0 spiro atoms. The number of hydrogen-bond donors (Lipinski definition) is 1. The van der Waals surface area contributed by atoms with Gasteiger partial charge in [0.05, 0.1) is 5.69 Å². The third-order valence-electron chi connectivity index (χ3n) is 3.94. The van der Waals surface area contributed by atoms with Crippen LogP contribution in [0.2, 0.25) is 0 Å². The van der Waals surface area contributed by atoms with E-state index in [0.717, 1.165) is 28.7 Å². The Morgan fingerprint density at radius 1 is 1.28 bits per heavy atom. The summed E-state index contributed by atoms with van der Waals surface area (Å²) in [5.41, 5.74) is 2.40. The van der Waals surface area contributed by atoms with Gasteiger partial charge in [0, 0.05) is 31.8 Å². The summed E-state index contributed by atoms with van der Waals surface area (Å²) in [6.07, 6.45) is 2.46. The number of carbonyl (C=O) groups is 1. The van der Waals surface area contributed by atoms with Crippen LogP contribution in [-0.2, 0) is 16.1 Å². The third-order valence-corrected chi connectivity index (χ3v) is 3.94. The Bertz CT molecular complexity index is 859. The third kappa shape index (κ3) is 4.03. The number of carbonyl (C=O) groups excluding carboxylic acids is 1. The zero-order valence-corrected chi connectivity index (χ0v) is 14.0. The van der Waals surface area contributed by atoms with Crippen molar-refractivity contribution in [3.8, 4) is 11.3 Å². The predicted molar refractivity (Wildman–Crippen MR) is 94.6 cm³/mol. The van der Waals surface area contributed by atoms with Crippen molar-refractivity contribution in [1.82, 2.24) is 14.9 Å². The molecule has 130 valence electrons. The second-order valence-corrected chi connectivity index (χ2v) is 5.74. The minimum absolute atomic E-state index is 0.0948. The SMILES string of the molecule is COCCCNC(=O)Cn1c(-c2ccc(F)cc2)cc2cccnc21. The molecule has 0 fully saturated rings. The monoisotopic (exact) mass is 341 g/mol. The number of methoxy groups -OCH3 is 1. The van der Waals surface area contributed by atoms with E-state index in [1.807, 2.05) is 22.8 Å². The van der Waals surface area contributed by atoms with Crippen LogP contribution in [0.1, 0.15) is 6.42 Å². The maximum atomic E-state index is 13.2. The maximum Gasteiger partial charge on any atom is 0.240 e. The Hall–Kier alpha value is -2.73. The number of amides is 1. The van der Waals surface area contributed by atoms with Gasteiger partial charge in [-0.25, -0.2) is 9.37 Å². The molecule has 0 saturated carbocycles. The van der Waals surface area contributed by atoms with Crippen molar-refractivity contribution in [2.24, 2.45) is 0 Å². The smallest absolute Gasteiger partial charge is 0.240 e. The molecule has 6 heteroatoms. The molecule has 3 rings (SSSR count). The van der Waals surface area contributed by atoms with Gasteiger partial charge in [-0.05, 0) is 54.4 Å². The molecule has 25 heavy (non-hydrogen) atoms. The van der Waals surface area contributed by atoms with Crippen LogP contribution in [0.15, 0.2) is 48.7 Å². The Morgan fingerprint density at radius 2 is 2.08 bits per heavy atom. The zero-order chi connectivity index (χ0) is 17.6. The van der Waals surface area contributed by atoms with Gasteiger partial charge in [-0.1, -0.05) is 0 Å². The van der Waals surface area contributed by atoms with Crippen LogP contribution in [0.4, 0.5) is 4.39 Å². The summed E-state index contributed by atoms with van der Waals surface area (Å²) in [7, 11) is 1.63. The van der Waals surface area contributed by atoms with E-state index in [-0.39, 0.29) is 18.3 Å². The molecular formula is C19H20FN3O2. The summed E-state index contributed by atoms with van der Waals surface area (Å²) in [6, 6.07) is 12.0. The van der Waals surface area contributed by atoms with Gasteiger partial charge < -0.3 is 14.6 Å². The lowest BCUT2D eigenvalue weighted by atomic mass is 10.1. The normalized spacial score (nSPS) is 11.0. The van der Waals surface area contributed by atoms with Gasteiger partial charge in [0.2, 0.25) is 5.91 Å². The molecule has 0 bridgehead atoms. The highest BCUT2D eigenvalue weighted by atomic mass is 19.1. The number of benzene rings is 1. The number of rotatable bonds is 7. The summed E-state index contributed by atoms with van der Waals surface area (Å²) in [5.74, 6) is -0.386. The van der Waals surface area contributed by atoms with E-state index in [0.29, 0.717) is 13.2 Å². The van der Waals surface area contributed by atoms with E-state index in [2.05, 4.69) is 10.3 Å². The highest BCUT2D eigenvalue weighted by molar-refractivity contribution is 5.87. The summed E-state index contributed by atoms with van der Waals surface area (Å²) < 4.78 is 20.1. The van der Waals surface area contributed by atoms with Gasteiger partial charge in [0.25, 0.3) is 0 Å². The van der Waals surface area contributed by atoms with Crippen LogP contribution in [0.3, 0.4) is 0 Å². The number of halogens is 1. The van der Waals surface area contributed by atoms with E-state index < -0.39 is 0 Å². The number of nitrogens with one attached hydrogen (secondary N) is 1. The van der Waals surface area contributed by atoms with Gasteiger partial charge in [-0.15, -0.1) is 0 Å². The fraction of sp³-hybridized carbons (Fsp3) is 0.263. The van der Waals surface area contributed by atoms with Gasteiger partial charge in [0.1, 0.15) is 18.0 Å². The average molecular weight is 341 g/mol. The van der Waals surface area contributed by atoms with Crippen molar-refractivity contribution >= 4 is 16.9 Å². The molecule has 0 saturated heterocycles. The van der Waals surface area contributed by atoms with Crippen molar-refractivity contribution in [2.75, 3.05) is 20.3 Å². The summed E-state index contributed by atoms with van der Waals surface area (Å²) in [5, 5.41) is 3.82. The molecule has 3 aromatic rings. The summed E-state index contributed by atoms with van der Waals surface area (Å²) in [4.78, 5) is 16.7. The molecule has 2 heterocycles. The first kappa shape index (κ1) is 17.1. The molecule has 0 unspecified atom stereocenters. The van der Waals surface area contributed by atoms with Crippen LogP contribution in [0, 0.1) is 5.82 Å². The number of pyridine rings is 1. The van der Waals surface area contributed by atoms with E-state index in [1.165, 1.54) is 12.1 Å². The minimum Gasteiger partial charge on any atom is -0.385 e. The van der Waals surface area contributed by atoms with Crippen molar-refractivity contribution < 1.29 is 13.9 Å². The lowest BCUT2D eigenvalue weighted by Crippen LogP contribution is -2.29. The molecule has 0 radical (unpaired) electrons. The van der Waals surface area contributed by atoms with E-state index >= 15 is 0 Å². The fourth-order valence-electron chi connectivity index (χ4n) is 2.75. The van der Waals surface area contributed by atoms with Crippen molar-refractivity contribution in [2.45, 2.75) is 13.0 Å². The summed E-state index contributed by atoms with van der Waals surface area (Å²) >= 11 is 0. The highest BCUT2D eigenvalue weighted by Gasteiger charge is 2.14. The van der Waals surface area contributed by atoms with Gasteiger partial charge in [0.15, 0.2) is 0 Å². The van der Waals surface area contributed by atoms with Crippen LogP contribution >= 0.6 is 0 Å². The Kier molecular flexibility index (Phi) is 5.40. The van der Waals surface area contributed by atoms with E-state index in [4.69, 9.17) is 4.74 Å². The van der Waals surface area contributed by atoms with Crippen LogP contribution in [0.25, 0.3) is 22.3 Å². The molecule has 0 atom stereocenters. The topological polar surface area (TPSA) is 56.1 Å². The van der Waals surface area contributed by atoms with Crippen molar-refractivity contribution in [3.63, 3.8) is 0 Å². The molecule has 0 aliphatic heterocycles. The highest BCUT2D eigenvalue weighted by Crippen LogP contribution is 2.27. The standard InChI is InChI=1S/C19H20FN3O2/c1-25-11-3-10-21-18(24)13-23-17(14-5-7-16(20)8-6-14)12-15-4-2-9-22-19(15)23/h2,4-9,12H,3,10-11,13H2,1H3,(H,21,24). The first-order valence-electron chi connectivity index (χ1n) is 8.15. The largest absolute Gasteiger partial charge is 0.385 e. The summed E-state index contributed by atoms with van der Waals surface area (Å²) in [6.45, 7) is 1.32. The number of ether oxygens (including phenoxy) is 1. The second-order valence-electron chi connectivity index (χ2n) is 5.74. The average Bonchev–Trinajstić information content (AvgIpc) is 2.98. The van der Waals surface area contributed by atoms with E-state index in [1.54, 1.807) is 25.4 Å². The number of aromatic nitrogens is 2. The Morgan fingerprint density at radius 3 is 2.84 bits per heavy atom. The van der Waals surface area contributed by atoms with Crippen molar-refractivity contribution in [3.05, 3.63) is 54.5 Å². The first-order chi connectivity index (χ1) is 12.2. The predicted octanol–water partition coefficient (Wildman–Crippen LogP) is 3.00. The number of fused-ring (bicyclic) bond motifs is 1. The van der Waals surface area contributed by atoms with Gasteiger partial charge >= 0.3 is 0 Å². The molecule has 1 amide bonds. The lowest BCUT2D eigenvalue weighted by molar-refractivity contribution is -0.121. The molecule has 1 N–H and O–H groups in total. The number of hydrogen-bond acceptors (Lipinski definition) is 3. The van der Waals surface area contributed by atoms with Crippen LogP contribution in [0.5, 0.6) is 0 Å². The molecule has 0 aliphatic rings. The first-order valence-corrected chi connectivity index (χ1v) is 8.15. The van der Waals surface area contributed by atoms with E-state index in [9.17, 15) is 9.18 Å². The van der Waals surface area contributed by atoms with Gasteiger partial charge in [-0.3, -0.25) is 4.79 Å². The second kappa shape index (κ2) is 7.90. The van der Waals surface area contributed by atoms with Gasteiger partial charge in [-0.2, -0.15) is 0 Å². The quantitative estimate of drug-likeness (QED) is 0.672. The molecular weight excluding hydrogens is 321 g/mol.